The van der Waals surface area contributed by atoms with E-state index in [9.17, 15) is 14.7 Å². The fraction of sp³-hybridized carbons (Fsp3) is 0.200. The quantitative estimate of drug-likeness (QED) is 0.773. The molecule has 1 aliphatic rings. The van der Waals surface area contributed by atoms with Crippen molar-refractivity contribution in [1.82, 2.24) is 4.90 Å². The van der Waals surface area contributed by atoms with Crippen molar-refractivity contribution in [2.75, 3.05) is 32.2 Å². The number of imide groups is 1. The van der Waals surface area contributed by atoms with Gasteiger partial charge in [0.25, 0.3) is 11.8 Å². The normalized spacial score (nSPS) is 14.1. The Kier molecular flexibility index (Phi) is 5.48. The van der Waals surface area contributed by atoms with Gasteiger partial charge in [-0.3, -0.25) is 9.59 Å². The molecule has 0 saturated heterocycles. The molecule has 1 N–H and O–H groups in total. The van der Waals surface area contributed by atoms with E-state index in [1.165, 1.54) is 13.2 Å². The predicted octanol–water partition coefficient (Wildman–Crippen LogP) is 2.56. The topological polar surface area (TPSA) is 70.1 Å². The molecule has 2 amide bonds. The standard InChI is InChI=1S/C20H19ClN2O4/c1-22(10-11-24)18-17(13-6-4-3-5-7-13)19(25)23(20(18)26)15-12-14(21)8-9-16(15)27-2/h3-9,12,24H,10-11H2,1-2H3. The molecule has 0 bridgehead atoms. The van der Waals surface area contributed by atoms with Gasteiger partial charge < -0.3 is 14.7 Å². The van der Waals surface area contributed by atoms with Crippen LogP contribution in [0.15, 0.2) is 54.2 Å². The molecule has 7 heteroatoms. The Balaban J connectivity index is 2.17. The van der Waals surface area contributed by atoms with Gasteiger partial charge in [0.2, 0.25) is 0 Å². The summed E-state index contributed by atoms with van der Waals surface area (Å²) < 4.78 is 5.32. The molecule has 0 spiro atoms. The minimum absolute atomic E-state index is 0.149. The summed E-state index contributed by atoms with van der Waals surface area (Å²) in [4.78, 5) is 29.1. The molecule has 0 saturated carbocycles. The number of nitrogens with zero attached hydrogens (tertiary/aromatic N) is 2. The maximum Gasteiger partial charge on any atom is 0.282 e. The zero-order valence-corrected chi connectivity index (χ0v) is 15.7. The second kappa shape index (κ2) is 7.82. The van der Waals surface area contributed by atoms with E-state index in [4.69, 9.17) is 16.3 Å². The highest BCUT2D eigenvalue weighted by molar-refractivity contribution is 6.46. The van der Waals surface area contributed by atoms with Gasteiger partial charge >= 0.3 is 0 Å². The molecule has 2 aromatic rings. The van der Waals surface area contributed by atoms with E-state index in [2.05, 4.69) is 0 Å². The number of likely N-dealkylation sites (N-methyl/N-ethyl adjacent to an activating group) is 1. The Morgan fingerprint density at radius 1 is 1.11 bits per heavy atom. The Hall–Kier alpha value is -2.83. The van der Waals surface area contributed by atoms with Crippen molar-refractivity contribution in [3.8, 4) is 5.75 Å². The number of carbonyl (C=O) groups is 2. The molecule has 0 unspecified atom stereocenters. The molecular formula is C20H19ClN2O4. The van der Waals surface area contributed by atoms with Gasteiger partial charge in [0.05, 0.1) is 25.0 Å². The number of anilines is 1. The number of halogens is 1. The number of hydrogen-bond donors (Lipinski definition) is 1. The lowest BCUT2D eigenvalue weighted by atomic mass is 10.0. The van der Waals surface area contributed by atoms with Crippen molar-refractivity contribution in [3.63, 3.8) is 0 Å². The van der Waals surface area contributed by atoms with E-state index >= 15 is 0 Å². The first-order valence-corrected chi connectivity index (χ1v) is 8.71. The third kappa shape index (κ3) is 3.41. The van der Waals surface area contributed by atoms with Crippen molar-refractivity contribution >= 4 is 34.7 Å². The van der Waals surface area contributed by atoms with Gasteiger partial charge in [-0.1, -0.05) is 41.9 Å². The molecule has 3 rings (SSSR count). The lowest BCUT2D eigenvalue weighted by Gasteiger charge is -2.21. The van der Waals surface area contributed by atoms with Crippen LogP contribution in [0.5, 0.6) is 5.75 Å². The SMILES string of the molecule is COc1ccc(Cl)cc1N1C(=O)C(c2ccccc2)=C(N(C)CCO)C1=O. The molecule has 0 aliphatic carbocycles. The summed E-state index contributed by atoms with van der Waals surface area (Å²) in [6.45, 7) is 0.0647. The lowest BCUT2D eigenvalue weighted by Crippen LogP contribution is -2.35. The minimum Gasteiger partial charge on any atom is -0.495 e. The lowest BCUT2D eigenvalue weighted by molar-refractivity contribution is -0.120. The van der Waals surface area contributed by atoms with Gasteiger partial charge in [-0.25, -0.2) is 4.90 Å². The highest BCUT2D eigenvalue weighted by atomic mass is 35.5. The third-order valence-electron chi connectivity index (χ3n) is 4.32. The molecule has 2 aromatic carbocycles. The number of carbonyl (C=O) groups excluding carboxylic acids is 2. The van der Waals surface area contributed by atoms with Gasteiger partial charge in [0.1, 0.15) is 11.4 Å². The summed E-state index contributed by atoms with van der Waals surface area (Å²) in [5.41, 5.74) is 1.40. The van der Waals surface area contributed by atoms with Crippen LogP contribution >= 0.6 is 11.6 Å². The third-order valence-corrected chi connectivity index (χ3v) is 4.56. The van der Waals surface area contributed by atoms with Crippen LogP contribution in [0.2, 0.25) is 5.02 Å². The van der Waals surface area contributed by atoms with Crippen LogP contribution in [-0.2, 0) is 9.59 Å². The first-order valence-electron chi connectivity index (χ1n) is 8.33. The number of methoxy groups -OCH3 is 1. The van der Waals surface area contributed by atoms with Gasteiger partial charge in [-0.15, -0.1) is 0 Å². The van der Waals surface area contributed by atoms with Crippen molar-refractivity contribution in [3.05, 3.63) is 64.8 Å². The summed E-state index contributed by atoms with van der Waals surface area (Å²) in [6.07, 6.45) is 0. The molecule has 1 heterocycles. The van der Waals surface area contributed by atoms with Crippen LogP contribution in [-0.4, -0.2) is 49.1 Å². The van der Waals surface area contributed by atoms with Crippen LogP contribution in [0.25, 0.3) is 5.57 Å². The van der Waals surface area contributed by atoms with Gasteiger partial charge in [-0.2, -0.15) is 0 Å². The van der Waals surface area contributed by atoms with Crippen molar-refractivity contribution < 1.29 is 19.4 Å². The van der Waals surface area contributed by atoms with Crippen molar-refractivity contribution in [1.29, 1.82) is 0 Å². The maximum absolute atomic E-state index is 13.3. The largest absolute Gasteiger partial charge is 0.495 e. The first kappa shape index (κ1) is 18.9. The molecule has 0 atom stereocenters. The number of rotatable bonds is 6. The number of aliphatic hydroxyl groups is 1. The fourth-order valence-electron chi connectivity index (χ4n) is 3.06. The fourth-order valence-corrected chi connectivity index (χ4v) is 3.22. The molecule has 0 radical (unpaired) electrons. The van der Waals surface area contributed by atoms with Crippen LogP contribution in [0, 0.1) is 0 Å². The first-order chi connectivity index (χ1) is 13.0. The predicted molar refractivity (Wildman–Crippen MR) is 104 cm³/mol. The van der Waals surface area contributed by atoms with Crippen molar-refractivity contribution in [2.45, 2.75) is 0 Å². The van der Waals surface area contributed by atoms with E-state index in [0.29, 0.717) is 16.3 Å². The molecule has 6 nitrogen and oxygen atoms in total. The molecule has 0 aromatic heterocycles. The average molecular weight is 387 g/mol. The summed E-state index contributed by atoms with van der Waals surface area (Å²) in [5, 5.41) is 9.68. The Labute approximate surface area is 162 Å². The number of amides is 2. The summed E-state index contributed by atoms with van der Waals surface area (Å²) >= 11 is 6.09. The van der Waals surface area contributed by atoms with E-state index in [1.54, 1.807) is 48.3 Å². The summed E-state index contributed by atoms with van der Waals surface area (Å²) in [6, 6.07) is 13.7. The Bertz CT molecular complexity index is 911. The maximum atomic E-state index is 13.3. The smallest absolute Gasteiger partial charge is 0.282 e. The van der Waals surface area contributed by atoms with Crippen LogP contribution < -0.4 is 9.64 Å². The highest BCUT2D eigenvalue weighted by Crippen LogP contribution is 2.39. The zero-order chi connectivity index (χ0) is 19.6. The number of ether oxygens (including phenoxy) is 1. The second-order valence-electron chi connectivity index (χ2n) is 6.00. The average Bonchev–Trinajstić information content (AvgIpc) is 2.93. The monoisotopic (exact) mass is 386 g/mol. The van der Waals surface area contributed by atoms with E-state index in [0.717, 1.165) is 4.90 Å². The zero-order valence-electron chi connectivity index (χ0n) is 15.0. The number of aliphatic hydroxyl groups excluding tert-OH is 1. The van der Waals surface area contributed by atoms with E-state index < -0.39 is 11.8 Å². The molecule has 140 valence electrons. The Morgan fingerprint density at radius 3 is 2.44 bits per heavy atom. The van der Waals surface area contributed by atoms with Gasteiger partial charge in [-0.05, 0) is 23.8 Å². The molecular weight excluding hydrogens is 368 g/mol. The second-order valence-corrected chi connectivity index (χ2v) is 6.43. The molecule has 1 aliphatic heterocycles. The number of hydrogen-bond acceptors (Lipinski definition) is 5. The summed E-state index contributed by atoms with van der Waals surface area (Å²) in [5.74, 6) is -0.596. The van der Waals surface area contributed by atoms with Crippen molar-refractivity contribution in [2.24, 2.45) is 0 Å². The molecule has 27 heavy (non-hydrogen) atoms. The van der Waals surface area contributed by atoms with E-state index in [1.807, 2.05) is 6.07 Å². The van der Waals surface area contributed by atoms with Crippen LogP contribution in [0.4, 0.5) is 5.69 Å². The van der Waals surface area contributed by atoms with Crippen LogP contribution in [0.3, 0.4) is 0 Å². The highest BCUT2D eigenvalue weighted by Gasteiger charge is 2.42. The van der Waals surface area contributed by atoms with Gasteiger partial charge in [0, 0.05) is 18.6 Å². The van der Waals surface area contributed by atoms with E-state index in [-0.39, 0.29) is 30.1 Å². The summed E-state index contributed by atoms with van der Waals surface area (Å²) in [7, 11) is 3.13. The minimum atomic E-state index is -0.490. The Morgan fingerprint density at radius 2 is 1.81 bits per heavy atom. The van der Waals surface area contributed by atoms with Crippen LogP contribution in [0.1, 0.15) is 5.56 Å². The van der Waals surface area contributed by atoms with Gasteiger partial charge in [0.15, 0.2) is 0 Å². The molecule has 0 fully saturated rings. The number of benzene rings is 2.